The van der Waals surface area contributed by atoms with Crippen LogP contribution in [0.15, 0.2) is 107 Å². The van der Waals surface area contributed by atoms with E-state index in [0.717, 1.165) is 20.9 Å². The number of pyridine rings is 2. The van der Waals surface area contributed by atoms with Gasteiger partial charge < -0.3 is 0 Å². The smallest absolute Gasteiger partial charge is 0.212 e. The van der Waals surface area contributed by atoms with Crippen molar-refractivity contribution in [1.29, 1.82) is 0 Å². The van der Waals surface area contributed by atoms with E-state index in [9.17, 15) is 8.78 Å². The quantitative estimate of drug-likeness (QED) is 0.171. The zero-order valence-electron chi connectivity index (χ0n) is 16.5. The Kier molecular flexibility index (Phi) is 11.9. The molecule has 31 heavy (non-hydrogen) atoms. The molecule has 0 atom stereocenters. The van der Waals surface area contributed by atoms with Gasteiger partial charge in [-0.3, -0.25) is 0 Å². The van der Waals surface area contributed by atoms with Crippen LogP contribution >= 0.6 is 40.3 Å². The molecule has 2 aromatic carbocycles. The first-order valence-electron chi connectivity index (χ1n) is 9.27. The third-order valence-corrected chi connectivity index (χ3v) is 5.55. The minimum absolute atomic E-state index is 0.431. The monoisotopic (exact) mass is 518 g/mol. The number of benzene rings is 2. The van der Waals surface area contributed by atoms with Crippen molar-refractivity contribution >= 4 is 40.3 Å². The maximum absolute atomic E-state index is 12.5. The molecule has 0 N–H and O–H groups in total. The van der Waals surface area contributed by atoms with Crippen LogP contribution in [0.2, 0.25) is 0 Å². The molecule has 0 aliphatic heterocycles. The lowest BCUT2D eigenvalue weighted by molar-refractivity contribution is 0.581. The summed E-state index contributed by atoms with van der Waals surface area (Å²) >= 11 is 8.88. The lowest BCUT2D eigenvalue weighted by atomic mass is 10.2. The number of hydrogen-bond donors (Lipinski definition) is 1. The van der Waals surface area contributed by atoms with E-state index in [1.165, 1.54) is 29.5 Å². The molecule has 4 rings (SSSR count). The van der Waals surface area contributed by atoms with Gasteiger partial charge in [-0.25, -0.2) is 9.97 Å². The summed E-state index contributed by atoms with van der Waals surface area (Å²) in [7, 11) is 0. The Morgan fingerprint density at radius 3 is 1.68 bits per heavy atom. The molecule has 2 aromatic heterocycles. The lowest BCUT2D eigenvalue weighted by Crippen LogP contribution is -1.83. The molecular formula is C24H21BrF2N2S2. The molecule has 7 heteroatoms. The summed E-state index contributed by atoms with van der Waals surface area (Å²) in [4.78, 5) is 7.96. The Morgan fingerprint density at radius 2 is 1.26 bits per heavy atom. The molecule has 0 bridgehead atoms. The topological polar surface area (TPSA) is 25.8 Å². The number of nitrogens with zero attached hydrogens (tertiary/aromatic N) is 2. The number of halogens is 3. The minimum Gasteiger partial charge on any atom is -0.227 e. The second-order valence-electron chi connectivity index (χ2n) is 6.03. The molecule has 0 unspecified atom stereocenters. The third-order valence-electron chi connectivity index (χ3n) is 3.67. The molecule has 0 amide bonds. The molecule has 0 saturated carbocycles. The summed E-state index contributed by atoms with van der Waals surface area (Å²) in [6, 6.07) is 26.4. The Hall–Kier alpha value is -2.22. The standard InChI is InChI=1S/C12H10FNS.C7H8S.C5H3BrFN/c13-12-7-6-11(8-14-12)15-9-10-4-2-1-3-5-10;8-6-7-4-2-1-3-5-7;6-4-1-2-5(7)8-3-4/h1-8H,9H2;1-5,8H,6H2;1-3H. The molecule has 0 fully saturated rings. The van der Waals surface area contributed by atoms with E-state index in [0.29, 0.717) is 0 Å². The van der Waals surface area contributed by atoms with Gasteiger partial charge in [-0.05, 0) is 51.3 Å². The zero-order chi connectivity index (χ0) is 22.3. The van der Waals surface area contributed by atoms with Crippen LogP contribution in [0.1, 0.15) is 11.1 Å². The van der Waals surface area contributed by atoms with Gasteiger partial charge >= 0.3 is 0 Å². The first kappa shape index (κ1) is 25.0. The van der Waals surface area contributed by atoms with E-state index in [2.05, 4.69) is 62.8 Å². The summed E-state index contributed by atoms with van der Waals surface area (Å²) in [6.45, 7) is 0. The van der Waals surface area contributed by atoms with Gasteiger partial charge in [-0.2, -0.15) is 21.4 Å². The van der Waals surface area contributed by atoms with Gasteiger partial charge in [0.05, 0.1) is 0 Å². The number of thiol groups is 1. The summed E-state index contributed by atoms with van der Waals surface area (Å²) in [5.41, 5.74) is 2.53. The van der Waals surface area contributed by atoms with Gasteiger partial charge in [0.1, 0.15) is 0 Å². The number of rotatable bonds is 4. The third kappa shape index (κ3) is 11.1. The van der Waals surface area contributed by atoms with E-state index in [1.54, 1.807) is 30.1 Å². The summed E-state index contributed by atoms with van der Waals surface area (Å²) in [6.07, 6.45) is 2.97. The van der Waals surface area contributed by atoms with E-state index >= 15 is 0 Å². The highest BCUT2D eigenvalue weighted by Gasteiger charge is 1.97. The molecular weight excluding hydrogens is 498 g/mol. The van der Waals surface area contributed by atoms with Crippen LogP contribution < -0.4 is 0 Å². The molecule has 4 aromatic rings. The zero-order valence-corrected chi connectivity index (χ0v) is 19.8. The highest BCUT2D eigenvalue weighted by atomic mass is 79.9. The second kappa shape index (κ2) is 14.7. The highest BCUT2D eigenvalue weighted by molar-refractivity contribution is 9.10. The van der Waals surface area contributed by atoms with Crippen molar-refractivity contribution in [1.82, 2.24) is 9.97 Å². The fraction of sp³-hybridized carbons (Fsp3) is 0.0833. The summed E-state index contributed by atoms with van der Waals surface area (Å²) in [5.74, 6) is 0.835. The van der Waals surface area contributed by atoms with Crippen LogP contribution in [0.4, 0.5) is 8.78 Å². The van der Waals surface area contributed by atoms with Crippen molar-refractivity contribution in [3.63, 3.8) is 0 Å². The van der Waals surface area contributed by atoms with Crippen LogP contribution in [0, 0.1) is 11.9 Å². The second-order valence-corrected chi connectivity index (χ2v) is 8.31. The van der Waals surface area contributed by atoms with Crippen molar-refractivity contribution in [2.75, 3.05) is 0 Å². The van der Waals surface area contributed by atoms with Gasteiger partial charge in [0, 0.05) is 33.3 Å². The molecule has 0 aliphatic rings. The number of thioether (sulfide) groups is 1. The van der Waals surface area contributed by atoms with Crippen LogP contribution in [-0.2, 0) is 11.5 Å². The van der Waals surface area contributed by atoms with Crippen LogP contribution in [0.25, 0.3) is 0 Å². The molecule has 0 saturated heterocycles. The molecule has 160 valence electrons. The average Bonchev–Trinajstić information content (AvgIpc) is 2.83. The van der Waals surface area contributed by atoms with Crippen molar-refractivity contribution in [3.8, 4) is 0 Å². The van der Waals surface area contributed by atoms with Crippen LogP contribution in [0.5, 0.6) is 0 Å². The first-order valence-corrected chi connectivity index (χ1v) is 11.7. The maximum Gasteiger partial charge on any atom is 0.212 e. The number of hydrogen-bond acceptors (Lipinski definition) is 4. The SMILES string of the molecule is Fc1ccc(Br)cn1.Fc1ccc(SCc2ccccc2)cn1.SCc1ccccc1. The van der Waals surface area contributed by atoms with Crippen molar-refractivity contribution < 1.29 is 8.78 Å². The van der Waals surface area contributed by atoms with Crippen LogP contribution in [-0.4, -0.2) is 9.97 Å². The minimum atomic E-state index is -0.451. The fourth-order valence-electron chi connectivity index (χ4n) is 2.13. The summed E-state index contributed by atoms with van der Waals surface area (Å²) in [5, 5.41) is 0. The maximum atomic E-state index is 12.5. The Balaban J connectivity index is 0.000000181. The van der Waals surface area contributed by atoms with E-state index in [4.69, 9.17) is 0 Å². The van der Waals surface area contributed by atoms with E-state index in [-0.39, 0.29) is 0 Å². The van der Waals surface area contributed by atoms with E-state index in [1.807, 2.05) is 36.4 Å². The molecule has 0 spiro atoms. The largest absolute Gasteiger partial charge is 0.227 e. The van der Waals surface area contributed by atoms with Crippen molar-refractivity contribution in [2.24, 2.45) is 0 Å². The fourth-order valence-corrected chi connectivity index (χ4v) is 3.39. The molecule has 0 radical (unpaired) electrons. The Labute approximate surface area is 199 Å². The average molecular weight is 519 g/mol. The molecule has 0 aliphatic carbocycles. The van der Waals surface area contributed by atoms with Gasteiger partial charge in [-0.1, -0.05) is 60.7 Å². The van der Waals surface area contributed by atoms with Crippen LogP contribution in [0.3, 0.4) is 0 Å². The van der Waals surface area contributed by atoms with Crippen molar-refractivity contribution in [2.45, 2.75) is 16.4 Å². The van der Waals surface area contributed by atoms with Gasteiger partial charge in [-0.15, -0.1) is 11.8 Å². The van der Waals surface area contributed by atoms with Gasteiger partial charge in [0.15, 0.2) is 0 Å². The molecule has 2 nitrogen and oxygen atoms in total. The Bertz CT molecular complexity index is 966. The summed E-state index contributed by atoms with van der Waals surface area (Å²) < 4.78 is 25.3. The van der Waals surface area contributed by atoms with Gasteiger partial charge in [0.2, 0.25) is 11.9 Å². The lowest BCUT2D eigenvalue weighted by Gasteiger charge is -2.00. The van der Waals surface area contributed by atoms with Crippen molar-refractivity contribution in [3.05, 3.63) is 125 Å². The molecule has 2 heterocycles. The Morgan fingerprint density at radius 1 is 0.710 bits per heavy atom. The predicted molar refractivity (Wildman–Crippen MR) is 131 cm³/mol. The van der Waals surface area contributed by atoms with Gasteiger partial charge in [0.25, 0.3) is 0 Å². The first-order chi connectivity index (χ1) is 15.1. The normalized spacial score (nSPS) is 9.68. The van der Waals surface area contributed by atoms with E-state index < -0.39 is 11.9 Å². The highest BCUT2D eigenvalue weighted by Crippen LogP contribution is 2.21. The predicted octanol–water partition coefficient (Wildman–Crippen LogP) is 7.61. The number of aromatic nitrogens is 2.